The van der Waals surface area contributed by atoms with Crippen molar-refractivity contribution in [3.05, 3.63) is 12.2 Å². The fourth-order valence-electron chi connectivity index (χ4n) is 7.57. The zero-order valence-corrected chi connectivity index (χ0v) is 17.3. The van der Waals surface area contributed by atoms with Gasteiger partial charge >= 0.3 is 11.9 Å². The number of aliphatic hydroxyl groups excluding tert-OH is 2. The topological polar surface area (TPSA) is 119 Å². The Morgan fingerprint density at radius 3 is 2.67 bits per heavy atom. The molecule has 8 nitrogen and oxygen atoms in total. The second-order valence-corrected chi connectivity index (χ2v) is 10.2. The maximum atomic E-state index is 13.4. The fraction of sp³-hybridized carbons (Fsp3) is 0.773. The van der Waals surface area contributed by atoms with Crippen LogP contribution in [0.2, 0.25) is 0 Å². The molecule has 2 saturated heterocycles. The van der Waals surface area contributed by atoms with E-state index in [1.54, 1.807) is 0 Å². The second-order valence-electron chi connectivity index (χ2n) is 10.2. The van der Waals surface area contributed by atoms with Gasteiger partial charge in [0.15, 0.2) is 5.78 Å². The van der Waals surface area contributed by atoms with Crippen molar-refractivity contribution >= 4 is 17.7 Å². The third-order valence-corrected chi connectivity index (χ3v) is 8.67. The third kappa shape index (κ3) is 2.19. The highest BCUT2D eigenvalue weighted by molar-refractivity contribution is 6.15. The van der Waals surface area contributed by atoms with Gasteiger partial charge in [0.1, 0.15) is 12.0 Å². The molecule has 2 bridgehead atoms. The number of allylic oxidation sites excluding steroid dienone is 1. The molecule has 0 aromatic carbocycles. The van der Waals surface area contributed by atoms with E-state index in [1.807, 2.05) is 6.92 Å². The van der Waals surface area contributed by atoms with Gasteiger partial charge in [0, 0.05) is 29.6 Å². The molecule has 3 saturated carbocycles. The maximum absolute atomic E-state index is 13.4. The molecule has 5 rings (SSSR count). The van der Waals surface area contributed by atoms with Crippen LogP contribution in [0, 0.1) is 34.0 Å². The minimum Gasteiger partial charge on any atom is -0.464 e. The molecular formula is C22H28O8. The quantitative estimate of drug-likeness (QED) is 0.362. The minimum atomic E-state index is -1.56. The molecule has 2 spiro atoms. The largest absolute Gasteiger partial charge is 0.464 e. The van der Waals surface area contributed by atoms with Gasteiger partial charge in [-0.25, -0.2) is 0 Å². The van der Waals surface area contributed by atoms with E-state index in [-0.39, 0.29) is 24.7 Å². The molecular weight excluding hydrogens is 392 g/mol. The number of carbonyl (C=O) groups is 3. The van der Waals surface area contributed by atoms with Crippen LogP contribution in [0.5, 0.6) is 0 Å². The lowest BCUT2D eigenvalue weighted by Gasteiger charge is -2.62. The number of aliphatic hydroxyl groups is 2. The van der Waals surface area contributed by atoms with E-state index >= 15 is 0 Å². The lowest BCUT2D eigenvalue weighted by Crippen LogP contribution is -2.71. The summed E-state index contributed by atoms with van der Waals surface area (Å²) in [6.07, 6.45) is -1.29. The molecule has 0 amide bonds. The van der Waals surface area contributed by atoms with Gasteiger partial charge < -0.3 is 24.4 Å². The molecule has 0 unspecified atom stereocenters. The van der Waals surface area contributed by atoms with E-state index in [9.17, 15) is 24.6 Å². The van der Waals surface area contributed by atoms with Crippen LogP contribution in [-0.4, -0.2) is 59.6 Å². The number of esters is 2. The number of hydrogen-bond donors (Lipinski definition) is 2. The molecule has 2 heterocycles. The monoisotopic (exact) mass is 420 g/mol. The van der Waals surface area contributed by atoms with Crippen LogP contribution in [0.25, 0.3) is 0 Å². The van der Waals surface area contributed by atoms with Crippen LogP contribution in [0.15, 0.2) is 12.2 Å². The average molecular weight is 420 g/mol. The highest BCUT2D eigenvalue weighted by atomic mass is 16.7. The van der Waals surface area contributed by atoms with Gasteiger partial charge in [-0.05, 0) is 37.2 Å². The van der Waals surface area contributed by atoms with Crippen LogP contribution in [0.4, 0.5) is 0 Å². The molecule has 8 heteroatoms. The van der Waals surface area contributed by atoms with Gasteiger partial charge in [-0.15, -0.1) is 0 Å². The second kappa shape index (κ2) is 6.14. The SMILES string of the molecule is C=C1C(=O)[C@]23C[C@H]1C[C@@H](O)[C@H]2[C@]1(COC3=O)[C@H](O)CC[C@@]2(C)CO[C@H](OC(C)=O)[C@H]21. The van der Waals surface area contributed by atoms with E-state index in [2.05, 4.69) is 6.58 Å². The van der Waals surface area contributed by atoms with Crippen molar-refractivity contribution in [2.24, 2.45) is 34.0 Å². The highest BCUT2D eigenvalue weighted by Crippen LogP contribution is 2.69. The number of carbonyl (C=O) groups excluding carboxylic acids is 3. The van der Waals surface area contributed by atoms with E-state index in [1.165, 1.54) is 6.92 Å². The van der Waals surface area contributed by atoms with Gasteiger partial charge in [-0.2, -0.15) is 0 Å². The number of ketones is 1. The molecule has 5 fully saturated rings. The zero-order chi connectivity index (χ0) is 21.6. The number of ether oxygens (including phenoxy) is 3. The van der Waals surface area contributed by atoms with Crippen molar-refractivity contribution in [1.29, 1.82) is 0 Å². The summed E-state index contributed by atoms with van der Waals surface area (Å²) in [5.74, 6) is -3.21. The van der Waals surface area contributed by atoms with Crippen molar-refractivity contribution in [2.45, 2.75) is 58.0 Å². The number of rotatable bonds is 1. The summed E-state index contributed by atoms with van der Waals surface area (Å²) < 4.78 is 17.0. The first kappa shape index (κ1) is 20.2. The van der Waals surface area contributed by atoms with Crippen molar-refractivity contribution in [2.75, 3.05) is 13.2 Å². The molecule has 0 aromatic heterocycles. The molecule has 2 aliphatic heterocycles. The van der Waals surface area contributed by atoms with Crippen molar-refractivity contribution in [1.82, 2.24) is 0 Å². The van der Waals surface area contributed by atoms with E-state index in [0.29, 0.717) is 31.4 Å². The Hall–Kier alpha value is -1.77. The van der Waals surface area contributed by atoms with Gasteiger partial charge in [-0.1, -0.05) is 13.5 Å². The van der Waals surface area contributed by atoms with E-state index in [0.717, 1.165) is 0 Å². The fourth-order valence-corrected chi connectivity index (χ4v) is 7.57. The van der Waals surface area contributed by atoms with Crippen LogP contribution < -0.4 is 0 Å². The average Bonchev–Trinajstić information content (AvgIpc) is 3.11. The number of cyclic esters (lactones) is 1. The molecule has 2 N–H and O–H groups in total. The Kier molecular flexibility index (Phi) is 4.13. The zero-order valence-electron chi connectivity index (χ0n) is 17.3. The molecule has 9 atom stereocenters. The van der Waals surface area contributed by atoms with Crippen LogP contribution in [0.3, 0.4) is 0 Å². The predicted molar refractivity (Wildman–Crippen MR) is 101 cm³/mol. The Bertz CT molecular complexity index is 852. The lowest BCUT2D eigenvalue weighted by atomic mass is 9.43. The van der Waals surface area contributed by atoms with Crippen LogP contribution >= 0.6 is 0 Å². The lowest BCUT2D eigenvalue weighted by molar-refractivity contribution is -0.270. The minimum absolute atomic E-state index is 0.151. The van der Waals surface area contributed by atoms with Crippen molar-refractivity contribution < 1.29 is 38.8 Å². The van der Waals surface area contributed by atoms with Crippen molar-refractivity contribution in [3.8, 4) is 0 Å². The first-order valence-electron chi connectivity index (χ1n) is 10.6. The molecule has 0 aromatic rings. The maximum Gasteiger partial charge on any atom is 0.320 e. The van der Waals surface area contributed by atoms with Crippen LogP contribution in [-0.2, 0) is 28.6 Å². The summed E-state index contributed by atoms with van der Waals surface area (Å²) in [5, 5.41) is 22.7. The van der Waals surface area contributed by atoms with Crippen molar-refractivity contribution in [3.63, 3.8) is 0 Å². The number of Topliss-reactive ketones (excluding diaryl/α,β-unsaturated/α-hetero) is 1. The van der Waals surface area contributed by atoms with E-state index < -0.39 is 58.5 Å². The Balaban J connectivity index is 1.71. The molecule has 5 aliphatic rings. The number of fused-ring (bicyclic) bond motifs is 4. The van der Waals surface area contributed by atoms with Gasteiger partial charge in [0.2, 0.25) is 6.29 Å². The predicted octanol–water partition coefficient (Wildman–Crippen LogP) is 0.739. The summed E-state index contributed by atoms with van der Waals surface area (Å²) in [7, 11) is 0. The summed E-state index contributed by atoms with van der Waals surface area (Å²) in [6.45, 7) is 7.36. The van der Waals surface area contributed by atoms with Gasteiger partial charge in [-0.3, -0.25) is 14.4 Å². The normalized spacial score (nSPS) is 52.1. The Morgan fingerprint density at radius 2 is 1.97 bits per heavy atom. The van der Waals surface area contributed by atoms with E-state index in [4.69, 9.17) is 14.2 Å². The summed E-state index contributed by atoms with van der Waals surface area (Å²) in [6, 6.07) is 0. The van der Waals surface area contributed by atoms with Crippen LogP contribution in [0.1, 0.15) is 39.5 Å². The third-order valence-electron chi connectivity index (χ3n) is 8.67. The highest BCUT2D eigenvalue weighted by Gasteiger charge is 2.78. The number of hydrogen-bond acceptors (Lipinski definition) is 8. The smallest absolute Gasteiger partial charge is 0.320 e. The Labute approximate surface area is 174 Å². The molecule has 0 radical (unpaired) electrons. The van der Waals surface area contributed by atoms with Gasteiger partial charge in [0.25, 0.3) is 0 Å². The molecule has 164 valence electrons. The first-order valence-corrected chi connectivity index (χ1v) is 10.6. The molecule has 30 heavy (non-hydrogen) atoms. The summed E-state index contributed by atoms with van der Waals surface area (Å²) in [4.78, 5) is 38.2. The first-order chi connectivity index (χ1) is 14.1. The molecule has 3 aliphatic carbocycles. The standard InChI is InChI=1S/C22H28O8/c1-10-12-6-13(24)15-21(7-12,17(10)26)19(27)29-9-22(15)14(25)4-5-20(3)8-28-18(16(20)22)30-11(2)23/h12-16,18,24-25H,1,4-9H2,2-3H3/t12-,13-,14-,15-,16-,18-,20+,21+,22+/m1/s1. The van der Waals surface area contributed by atoms with Gasteiger partial charge in [0.05, 0.1) is 18.8 Å². The summed E-state index contributed by atoms with van der Waals surface area (Å²) >= 11 is 0. The summed E-state index contributed by atoms with van der Waals surface area (Å²) in [5.41, 5.74) is -2.83. The Morgan fingerprint density at radius 1 is 1.23 bits per heavy atom.